The molecule has 0 aliphatic rings. The summed E-state index contributed by atoms with van der Waals surface area (Å²) in [5, 5.41) is -0.224. The smallest absolute Gasteiger partial charge is 0.227 e. The van der Waals surface area contributed by atoms with Crippen molar-refractivity contribution in [2.75, 3.05) is 13.2 Å². The normalized spacial score (nSPS) is 12.1. The summed E-state index contributed by atoms with van der Waals surface area (Å²) in [4.78, 5) is 11.1. The summed E-state index contributed by atoms with van der Waals surface area (Å²) in [5.41, 5.74) is -0.365. The molecule has 0 aromatic heterocycles. The molecule has 0 amide bonds. The molecule has 0 unspecified atom stereocenters. The molecule has 0 saturated carbocycles. The van der Waals surface area contributed by atoms with Crippen LogP contribution in [0.3, 0.4) is 0 Å². The number of rotatable bonds is 10. The molecule has 0 rings (SSSR count). The Morgan fingerprint density at radius 2 is 1.76 bits per heavy atom. The Bertz CT molecular complexity index is 212. The Hall–Kier alpha value is -0.0800. The van der Waals surface area contributed by atoms with Gasteiger partial charge in [0, 0.05) is 18.6 Å². The summed E-state index contributed by atoms with van der Waals surface area (Å²) in [6, 6.07) is 0. The van der Waals surface area contributed by atoms with Crippen molar-refractivity contribution in [1.82, 2.24) is 0 Å². The topological polar surface area (TPSA) is 26.3 Å². The molecule has 0 bridgehead atoms. The lowest BCUT2D eigenvalue weighted by Gasteiger charge is -2.18. The zero-order valence-corrected chi connectivity index (χ0v) is 12.5. The fourth-order valence-corrected chi connectivity index (χ4v) is 1.64. The van der Waals surface area contributed by atoms with Gasteiger partial charge in [0.2, 0.25) is 5.24 Å². The molecule has 17 heavy (non-hydrogen) atoms. The maximum atomic E-state index is 11.1. The third-order valence-corrected chi connectivity index (χ3v) is 3.34. The van der Waals surface area contributed by atoms with E-state index in [9.17, 15) is 4.79 Å². The first-order valence-electron chi connectivity index (χ1n) is 6.64. The maximum Gasteiger partial charge on any atom is 0.227 e. The van der Waals surface area contributed by atoms with Gasteiger partial charge >= 0.3 is 0 Å². The van der Waals surface area contributed by atoms with Crippen LogP contribution in [0.2, 0.25) is 0 Å². The second kappa shape index (κ2) is 8.93. The summed E-state index contributed by atoms with van der Waals surface area (Å²) in [5.74, 6) is 0.616. The summed E-state index contributed by atoms with van der Waals surface area (Å²) in [6.07, 6.45) is 5.38. The van der Waals surface area contributed by atoms with Crippen LogP contribution < -0.4 is 0 Å². The first kappa shape index (κ1) is 16.9. The molecule has 0 atom stereocenters. The lowest BCUT2D eigenvalue weighted by Crippen LogP contribution is -2.19. The summed E-state index contributed by atoms with van der Waals surface area (Å²) in [7, 11) is 0. The van der Waals surface area contributed by atoms with Crippen LogP contribution in [0, 0.1) is 11.3 Å². The largest absolute Gasteiger partial charge is 0.381 e. The van der Waals surface area contributed by atoms with Crippen LogP contribution in [0.4, 0.5) is 0 Å². The van der Waals surface area contributed by atoms with Gasteiger partial charge in [0.25, 0.3) is 0 Å². The van der Waals surface area contributed by atoms with Crippen molar-refractivity contribution in [3.63, 3.8) is 0 Å². The predicted molar refractivity (Wildman–Crippen MR) is 73.4 cm³/mol. The van der Waals surface area contributed by atoms with E-state index in [-0.39, 0.29) is 10.7 Å². The highest BCUT2D eigenvalue weighted by molar-refractivity contribution is 6.64. The van der Waals surface area contributed by atoms with E-state index in [1.54, 1.807) is 0 Å². The van der Waals surface area contributed by atoms with Gasteiger partial charge in [0.05, 0.1) is 0 Å². The van der Waals surface area contributed by atoms with Gasteiger partial charge in [0.1, 0.15) is 0 Å². The number of hydrogen-bond acceptors (Lipinski definition) is 2. The molecule has 0 aliphatic heterocycles. The van der Waals surface area contributed by atoms with Crippen molar-refractivity contribution in [2.45, 2.75) is 59.8 Å². The second-order valence-corrected chi connectivity index (χ2v) is 6.13. The Labute approximate surface area is 111 Å². The summed E-state index contributed by atoms with van der Waals surface area (Å²) >= 11 is 5.52. The molecule has 0 aliphatic carbocycles. The van der Waals surface area contributed by atoms with E-state index in [2.05, 4.69) is 13.8 Å². The maximum absolute atomic E-state index is 11.1. The summed E-state index contributed by atoms with van der Waals surface area (Å²) < 4.78 is 5.51. The minimum atomic E-state index is -0.365. The lowest BCUT2D eigenvalue weighted by molar-refractivity contribution is -0.119. The van der Waals surface area contributed by atoms with Crippen molar-refractivity contribution in [1.29, 1.82) is 0 Å². The quantitative estimate of drug-likeness (QED) is 0.431. The predicted octanol–water partition coefficient (Wildman–Crippen LogP) is 4.40. The third kappa shape index (κ3) is 9.61. The number of ether oxygens (including phenoxy) is 1. The molecule has 3 heteroatoms. The number of unbranched alkanes of at least 4 members (excludes halogenated alkanes) is 3. The van der Waals surface area contributed by atoms with Gasteiger partial charge in [-0.1, -0.05) is 47.0 Å². The van der Waals surface area contributed by atoms with Crippen molar-refractivity contribution >= 4 is 16.8 Å². The molecular weight excluding hydrogens is 236 g/mol. The van der Waals surface area contributed by atoms with E-state index >= 15 is 0 Å². The molecule has 0 heterocycles. The highest BCUT2D eigenvalue weighted by Crippen LogP contribution is 2.26. The Kier molecular flexibility index (Phi) is 8.89. The van der Waals surface area contributed by atoms with Gasteiger partial charge in [0.15, 0.2) is 0 Å². The SMILES string of the molecule is CC(C)COCCCCCCC(C)(C)C(=O)Cl. The molecule has 0 aromatic rings. The lowest BCUT2D eigenvalue weighted by atomic mass is 9.88. The van der Waals surface area contributed by atoms with Gasteiger partial charge in [-0.25, -0.2) is 0 Å². The molecule has 0 N–H and O–H groups in total. The minimum Gasteiger partial charge on any atom is -0.381 e. The molecular formula is C14H27ClO2. The monoisotopic (exact) mass is 262 g/mol. The number of carbonyl (C=O) groups excluding carboxylic acids is 1. The van der Waals surface area contributed by atoms with Gasteiger partial charge in [-0.3, -0.25) is 4.79 Å². The standard InChI is InChI=1S/C14H27ClO2/c1-12(2)11-17-10-8-6-5-7-9-14(3,4)13(15)16/h12H,5-11H2,1-4H3. The van der Waals surface area contributed by atoms with E-state index in [1.807, 2.05) is 13.8 Å². The van der Waals surface area contributed by atoms with Crippen LogP contribution in [-0.4, -0.2) is 18.5 Å². The fraction of sp³-hybridized carbons (Fsp3) is 0.929. The van der Waals surface area contributed by atoms with E-state index in [0.29, 0.717) is 5.92 Å². The summed E-state index contributed by atoms with van der Waals surface area (Å²) in [6.45, 7) is 9.85. The van der Waals surface area contributed by atoms with Crippen LogP contribution in [0.25, 0.3) is 0 Å². The van der Waals surface area contributed by atoms with Crippen molar-refractivity contribution in [3.8, 4) is 0 Å². The molecule has 2 nitrogen and oxygen atoms in total. The molecule has 0 fully saturated rings. The number of hydrogen-bond donors (Lipinski definition) is 0. The van der Waals surface area contributed by atoms with Crippen LogP contribution >= 0.6 is 11.6 Å². The Balaban J connectivity index is 3.33. The zero-order valence-electron chi connectivity index (χ0n) is 11.7. The average molecular weight is 263 g/mol. The molecule has 0 spiro atoms. The van der Waals surface area contributed by atoms with Crippen molar-refractivity contribution in [3.05, 3.63) is 0 Å². The van der Waals surface area contributed by atoms with Crippen LogP contribution in [0.5, 0.6) is 0 Å². The Morgan fingerprint density at radius 3 is 2.29 bits per heavy atom. The van der Waals surface area contributed by atoms with Crippen LogP contribution in [0.15, 0.2) is 0 Å². The highest BCUT2D eigenvalue weighted by atomic mass is 35.5. The number of carbonyl (C=O) groups is 1. The average Bonchev–Trinajstić information content (AvgIpc) is 2.21. The first-order chi connectivity index (χ1) is 7.86. The van der Waals surface area contributed by atoms with E-state index in [0.717, 1.165) is 38.9 Å². The first-order valence-corrected chi connectivity index (χ1v) is 7.01. The molecule has 0 saturated heterocycles. The second-order valence-electron chi connectivity index (χ2n) is 5.79. The van der Waals surface area contributed by atoms with Crippen molar-refractivity contribution in [2.24, 2.45) is 11.3 Å². The number of halogens is 1. The fourth-order valence-electron chi connectivity index (χ4n) is 1.54. The van der Waals surface area contributed by atoms with Gasteiger partial charge in [-0.15, -0.1) is 0 Å². The van der Waals surface area contributed by atoms with E-state index in [1.165, 1.54) is 6.42 Å². The molecule has 0 aromatic carbocycles. The van der Waals surface area contributed by atoms with Crippen LogP contribution in [0.1, 0.15) is 59.8 Å². The molecule has 0 radical (unpaired) electrons. The van der Waals surface area contributed by atoms with Gasteiger partial charge in [-0.2, -0.15) is 0 Å². The van der Waals surface area contributed by atoms with Gasteiger partial charge in [-0.05, 0) is 30.4 Å². The zero-order chi connectivity index (χ0) is 13.3. The van der Waals surface area contributed by atoms with Crippen LogP contribution in [-0.2, 0) is 9.53 Å². The van der Waals surface area contributed by atoms with Crippen molar-refractivity contribution < 1.29 is 9.53 Å². The molecule has 102 valence electrons. The van der Waals surface area contributed by atoms with E-state index < -0.39 is 0 Å². The Morgan fingerprint density at radius 1 is 1.18 bits per heavy atom. The van der Waals surface area contributed by atoms with Gasteiger partial charge < -0.3 is 4.74 Å². The highest BCUT2D eigenvalue weighted by Gasteiger charge is 2.24. The third-order valence-electron chi connectivity index (χ3n) is 2.82. The van der Waals surface area contributed by atoms with E-state index in [4.69, 9.17) is 16.3 Å². The minimum absolute atomic E-state index is 0.224.